The molecule has 0 radical (unpaired) electrons. The third-order valence-corrected chi connectivity index (χ3v) is 5.46. The first-order valence-electron chi connectivity index (χ1n) is 11.8. The van der Waals surface area contributed by atoms with E-state index in [-0.39, 0.29) is 11.8 Å². The maximum absolute atomic E-state index is 14.2. The van der Waals surface area contributed by atoms with Crippen LogP contribution in [0.15, 0.2) is 77.8 Å². The van der Waals surface area contributed by atoms with E-state index < -0.39 is 5.82 Å². The molecule has 10 heteroatoms. The number of anilines is 4. The Bertz CT molecular complexity index is 1310. The summed E-state index contributed by atoms with van der Waals surface area (Å²) >= 11 is 0. The molecule has 1 aliphatic heterocycles. The van der Waals surface area contributed by atoms with Crippen LogP contribution in [-0.2, 0) is 4.74 Å². The normalized spacial score (nSPS) is 14.4. The van der Waals surface area contributed by atoms with Crippen molar-refractivity contribution in [2.45, 2.75) is 13.8 Å². The molecule has 4 rings (SSSR count). The van der Waals surface area contributed by atoms with Gasteiger partial charge >= 0.3 is 0 Å². The van der Waals surface area contributed by atoms with Crippen molar-refractivity contribution < 1.29 is 9.13 Å². The molecule has 0 atom stereocenters. The molecule has 37 heavy (non-hydrogen) atoms. The van der Waals surface area contributed by atoms with Crippen LogP contribution < -0.4 is 15.6 Å². The van der Waals surface area contributed by atoms with Gasteiger partial charge in [-0.05, 0) is 55.3 Å². The van der Waals surface area contributed by atoms with Gasteiger partial charge in [0, 0.05) is 30.7 Å². The first-order chi connectivity index (χ1) is 18.0. The number of aromatic nitrogens is 3. The number of hydrazone groups is 1. The minimum Gasteiger partial charge on any atom is -0.378 e. The number of aryl methyl sites for hydroxylation is 1. The van der Waals surface area contributed by atoms with E-state index in [1.807, 2.05) is 36.9 Å². The Morgan fingerprint density at radius 2 is 1.97 bits per heavy atom. The molecule has 2 aromatic heterocycles. The number of rotatable bonds is 9. The van der Waals surface area contributed by atoms with Crippen LogP contribution >= 0.6 is 0 Å². The number of benzene rings is 1. The molecule has 3 heterocycles. The Balaban J connectivity index is 1.38. The van der Waals surface area contributed by atoms with Gasteiger partial charge in [-0.25, -0.2) is 14.8 Å². The summed E-state index contributed by atoms with van der Waals surface area (Å²) in [4.78, 5) is 18.9. The van der Waals surface area contributed by atoms with E-state index in [0.29, 0.717) is 32.0 Å². The molecule has 1 aromatic carbocycles. The zero-order chi connectivity index (χ0) is 26.0. The van der Waals surface area contributed by atoms with Crippen molar-refractivity contribution in [3.63, 3.8) is 0 Å². The van der Waals surface area contributed by atoms with E-state index >= 15 is 0 Å². The molecule has 0 unspecified atom stereocenters. The smallest absolute Gasteiger partial charge is 0.245 e. The highest BCUT2D eigenvalue weighted by molar-refractivity contribution is 6.00. The van der Waals surface area contributed by atoms with Gasteiger partial charge in [-0.1, -0.05) is 18.7 Å². The first-order valence-corrected chi connectivity index (χ1v) is 11.8. The Morgan fingerprint density at radius 3 is 2.73 bits per heavy atom. The van der Waals surface area contributed by atoms with E-state index in [2.05, 4.69) is 54.5 Å². The maximum Gasteiger partial charge on any atom is 0.245 e. The number of nitrogens with one attached hydrogen (secondary N) is 2. The van der Waals surface area contributed by atoms with Gasteiger partial charge in [0.05, 0.1) is 43.2 Å². The molecule has 1 saturated heterocycles. The summed E-state index contributed by atoms with van der Waals surface area (Å²) in [7, 11) is 0. The Kier molecular flexibility index (Phi) is 8.66. The molecule has 0 amide bonds. The zero-order valence-corrected chi connectivity index (χ0v) is 20.9. The lowest BCUT2D eigenvalue weighted by molar-refractivity contribution is 0.122. The molecule has 0 spiro atoms. The second kappa shape index (κ2) is 12.5. The zero-order valence-electron chi connectivity index (χ0n) is 20.9. The number of morpholine rings is 1. The van der Waals surface area contributed by atoms with Crippen molar-refractivity contribution in [2.24, 2.45) is 10.1 Å². The summed E-state index contributed by atoms with van der Waals surface area (Å²) in [5.74, 6) is -0.0426. The van der Waals surface area contributed by atoms with Gasteiger partial charge in [-0.2, -0.15) is 10.1 Å². The molecule has 190 valence electrons. The Morgan fingerprint density at radius 1 is 1.14 bits per heavy atom. The largest absolute Gasteiger partial charge is 0.378 e. The van der Waals surface area contributed by atoms with Crippen LogP contribution in [0.3, 0.4) is 0 Å². The minimum atomic E-state index is -0.478. The van der Waals surface area contributed by atoms with Gasteiger partial charge in [0.2, 0.25) is 5.95 Å². The standard InChI is InChI=1S/C27H29FN8O/c1-4-5-8-29-20(3)21-13-19(2)14-24(15-21)33-23-7-6-22(30-16-23)17-32-35-27-31-18-25(28)26(34-27)36-9-11-37-12-10-36/h4-8,13-18,33H,1,9-12H2,2-3H3,(H,31,34,35)/b8-5-,29-20?,32-17+. The van der Waals surface area contributed by atoms with Gasteiger partial charge < -0.3 is 15.0 Å². The number of nitrogens with zero attached hydrogens (tertiary/aromatic N) is 6. The summed E-state index contributed by atoms with van der Waals surface area (Å²) in [5, 5.41) is 7.52. The third-order valence-electron chi connectivity index (χ3n) is 5.46. The molecule has 0 aliphatic carbocycles. The van der Waals surface area contributed by atoms with Gasteiger partial charge in [0.15, 0.2) is 11.6 Å². The van der Waals surface area contributed by atoms with E-state index in [4.69, 9.17) is 4.74 Å². The summed E-state index contributed by atoms with van der Waals surface area (Å²) in [6.07, 6.45) is 9.61. The summed E-state index contributed by atoms with van der Waals surface area (Å²) in [6.45, 7) is 9.89. The molecule has 0 bridgehead atoms. The summed E-state index contributed by atoms with van der Waals surface area (Å²) < 4.78 is 19.5. The van der Waals surface area contributed by atoms with Crippen LogP contribution in [0.4, 0.5) is 27.5 Å². The average molecular weight is 501 g/mol. The van der Waals surface area contributed by atoms with Gasteiger partial charge in [0.1, 0.15) is 0 Å². The van der Waals surface area contributed by atoms with E-state index in [0.717, 1.165) is 34.4 Å². The highest BCUT2D eigenvalue weighted by Gasteiger charge is 2.17. The number of hydrogen-bond acceptors (Lipinski definition) is 9. The van der Waals surface area contributed by atoms with Crippen molar-refractivity contribution in [1.29, 1.82) is 0 Å². The van der Waals surface area contributed by atoms with Crippen LogP contribution in [0.25, 0.3) is 0 Å². The lowest BCUT2D eigenvalue weighted by Crippen LogP contribution is -2.37. The van der Waals surface area contributed by atoms with Crippen LogP contribution in [-0.4, -0.2) is 53.2 Å². The lowest BCUT2D eigenvalue weighted by Gasteiger charge is -2.27. The van der Waals surface area contributed by atoms with E-state index in [9.17, 15) is 4.39 Å². The van der Waals surface area contributed by atoms with Crippen LogP contribution in [0.1, 0.15) is 23.7 Å². The van der Waals surface area contributed by atoms with Crippen molar-refractivity contribution >= 4 is 35.1 Å². The molecule has 9 nitrogen and oxygen atoms in total. The van der Waals surface area contributed by atoms with Gasteiger partial charge in [-0.15, -0.1) is 0 Å². The van der Waals surface area contributed by atoms with Crippen LogP contribution in [0, 0.1) is 12.7 Å². The predicted octanol–water partition coefficient (Wildman–Crippen LogP) is 4.85. The molecule has 3 aromatic rings. The fraction of sp³-hybridized carbons (Fsp3) is 0.222. The number of pyridine rings is 1. The number of aliphatic imine (C=N–C) groups is 1. The fourth-order valence-corrected chi connectivity index (χ4v) is 3.64. The molecule has 1 fully saturated rings. The van der Waals surface area contributed by atoms with Crippen molar-refractivity contribution in [1.82, 2.24) is 15.0 Å². The topological polar surface area (TPSA) is 99.9 Å². The number of ether oxygens (including phenoxy) is 1. The van der Waals surface area contributed by atoms with E-state index in [1.54, 1.807) is 30.8 Å². The molecular weight excluding hydrogens is 471 g/mol. The molecule has 2 N–H and O–H groups in total. The van der Waals surface area contributed by atoms with Crippen LogP contribution in [0.2, 0.25) is 0 Å². The van der Waals surface area contributed by atoms with Crippen molar-refractivity contribution in [2.75, 3.05) is 41.9 Å². The monoisotopic (exact) mass is 500 g/mol. The predicted molar refractivity (Wildman–Crippen MR) is 146 cm³/mol. The second-order valence-electron chi connectivity index (χ2n) is 8.31. The number of allylic oxidation sites excluding steroid dienone is 2. The highest BCUT2D eigenvalue weighted by atomic mass is 19.1. The second-order valence-corrected chi connectivity index (χ2v) is 8.31. The van der Waals surface area contributed by atoms with E-state index in [1.165, 1.54) is 0 Å². The fourth-order valence-electron chi connectivity index (χ4n) is 3.64. The Labute approximate surface area is 215 Å². The Hall–Kier alpha value is -4.44. The van der Waals surface area contributed by atoms with Crippen molar-refractivity contribution in [3.8, 4) is 0 Å². The number of halogens is 1. The SMILES string of the molecule is C=C/C=C\N=C(C)c1cc(C)cc(Nc2ccc(/C=N/Nc3ncc(F)c(N4CCOCC4)n3)nc2)c1. The third kappa shape index (κ3) is 7.28. The maximum atomic E-state index is 14.2. The van der Waals surface area contributed by atoms with Crippen molar-refractivity contribution in [3.05, 3.63) is 90.3 Å². The summed E-state index contributed by atoms with van der Waals surface area (Å²) in [6, 6.07) is 9.94. The molecule has 1 aliphatic rings. The van der Waals surface area contributed by atoms with Gasteiger partial charge in [-0.3, -0.25) is 9.98 Å². The summed E-state index contributed by atoms with van der Waals surface area (Å²) in [5.41, 5.74) is 8.19. The lowest BCUT2D eigenvalue weighted by atomic mass is 10.1. The quantitative estimate of drug-likeness (QED) is 0.246. The minimum absolute atomic E-state index is 0.200. The first kappa shape index (κ1) is 25.6. The average Bonchev–Trinajstić information content (AvgIpc) is 2.91. The molecular formula is C27H29FN8O. The number of hydrogen-bond donors (Lipinski definition) is 2. The highest BCUT2D eigenvalue weighted by Crippen LogP contribution is 2.21. The molecule has 0 saturated carbocycles. The van der Waals surface area contributed by atoms with Gasteiger partial charge in [0.25, 0.3) is 0 Å². The van der Waals surface area contributed by atoms with Crippen LogP contribution in [0.5, 0.6) is 0 Å².